The van der Waals surface area contributed by atoms with Crippen LogP contribution in [0.4, 0.5) is 17.1 Å². The lowest BCUT2D eigenvalue weighted by Gasteiger charge is -2.28. The molecule has 664 valence electrons. The lowest BCUT2D eigenvalue weighted by Crippen LogP contribution is -3.06. The van der Waals surface area contributed by atoms with Gasteiger partial charge in [0.1, 0.15) is 44.8 Å². The van der Waals surface area contributed by atoms with E-state index in [1.54, 1.807) is 36.4 Å². The maximum Gasteiger partial charge on any atom is 0.240 e. The fraction of sp³-hybridized carbons (Fsp3) is 0.0412. The quantitative estimate of drug-likeness (QED) is 0.0560. The van der Waals surface area contributed by atoms with Crippen molar-refractivity contribution < 1.29 is 181 Å². The number of para-hydroxylation sites is 6. The van der Waals surface area contributed by atoms with E-state index in [4.69, 9.17) is 83.5 Å². The smallest absolute Gasteiger partial charge is 0.240 e. The Hall–Kier alpha value is -12.2. The summed E-state index contributed by atoms with van der Waals surface area (Å²) < 4.78 is 80.4. The number of allylic oxidation sites excluding steroid dienone is 2. The molecule has 10 N–H and O–H groups in total. The number of fused-ring (bicyclic) bond motifs is 23. The molecule has 0 fully saturated rings. The second-order valence-corrected chi connectivity index (χ2v) is 31.3. The van der Waals surface area contributed by atoms with Crippen LogP contribution in [0.1, 0.15) is 25.3 Å². The number of benzene rings is 8. The summed E-state index contributed by atoms with van der Waals surface area (Å²) in [5.74, 6) is 1.02. The summed E-state index contributed by atoms with van der Waals surface area (Å²) in [5, 5.41) is 50.9. The Kier molecular flexibility index (Phi) is 35.5. The second-order valence-electron chi connectivity index (χ2n) is 28.5. The summed E-state index contributed by atoms with van der Waals surface area (Å²) in [6.07, 6.45) is 16.7. The van der Waals surface area contributed by atoms with E-state index >= 15 is 0 Å². The van der Waals surface area contributed by atoms with Crippen molar-refractivity contribution in [3.63, 3.8) is 0 Å². The molecule has 2 aliphatic rings. The van der Waals surface area contributed by atoms with Crippen LogP contribution in [-0.2, 0) is 4.79 Å². The van der Waals surface area contributed by atoms with Crippen molar-refractivity contribution in [2.45, 2.75) is 19.8 Å². The van der Waals surface area contributed by atoms with Crippen molar-refractivity contribution in [1.29, 1.82) is 0 Å². The monoisotopic (exact) mass is 1980 g/mol. The minimum atomic E-state index is -4.94. The minimum Gasteiger partial charge on any atom is -1.00 e. The number of quaternary nitrogens is 1. The molecule has 8 aromatic carbocycles. The zero-order valence-electron chi connectivity index (χ0n) is 68.3. The van der Waals surface area contributed by atoms with Gasteiger partial charge in [-0.2, -0.15) is 26.4 Å². The van der Waals surface area contributed by atoms with Crippen molar-refractivity contribution in [3.8, 4) is 23.0 Å². The van der Waals surface area contributed by atoms with E-state index in [0.29, 0.717) is 26.2 Å². The molecule has 1 atom stereocenters. The molecular weight excluding hydrogens is 1910 g/mol. The number of nitrogens with one attached hydrogen (secondary N) is 2. The second kappa shape index (κ2) is 45.4. The maximum absolute atomic E-state index is 11.3. The van der Waals surface area contributed by atoms with Gasteiger partial charge in [-0.25, -0.2) is 37.3 Å². The predicted molar refractivity (Wildman–Crippen MR) is 462 cm³/mol. The molecule has 2 aliphatic heterocycles. The van der Waals surface area contributed by atoms with E-state index in [2.05, 4.69) is 110 Å². The predicted octanol–water partition coefficient (Wildman–Crippen LogP) is -6.35. The lowest BCUT2D eigenvalue weighted by molar-refractivity contribution is -2.00. The number of halogens is 10. The van der Waals surface area contributed by atoms with Gasteiger partial charge in [0.2, 0.25) is 77.6 Å². The Labute approximate surface area is 798 Å². The maximum atomic E-state index is 11.3. The molecule has 0 bridgehead atoms. The number of nitrogens with zero attached hydrogens (tertiary/aromatic N) is 6. The fourth-order valence-corrected chi connectivity index (χ4v) is 15.9. The summed E-state index contributed by atoms with van der Waals surface area (Å²) in [6.45, 7) is 2.71. The number of rotatable bonds is 1. The van der Waals surface area contributed by atoms with Crippen LogP contribution in [0.15, 0.2) is 364 Å². The summed E-state index contributed by atoms with van der Waals surface area (Å²) in [7, 11) is -9.89. The standard InChI is InChI=1S/C17H12N2.C15H12N2O.3C13H8ClNO.C13H14N2.C13H9NO.BrH.2ClHO4.4ClH/c18-15-11-13-10-9-12-5-1-3-7-16(12)19(13)17-8-4-2-6-14(15)17;1-11(18)16-14-10-12-6-4-5-9-17(12)15-8-3-2-7-13(14)15;14-10-5-3-6-11-13(10)12(16)8-9-4-1-2-7-15(9)11;14-11-6-3-5-10-12(16)8-9-4-1-2-7-15(9)13(10)11;14-9-4-5-11-12(7-9)15-6-2-1-3-10(15)8-13(11)16;14-12-9-10-5-3-4-8-15(10)13-7-2-1-6-11(12)13;15-13-9-10-5-3-4-8-14(10)12-7-2-1-6-11(12)13;;2*2-1(3,4)5;;;;/h1-11,18H;2-10H,1H3;3*1-8H;1-2,5-7,9H,3-4,8,14H2;1-9H;1H;2*(H,2,3,4,5);4*1H. The molecule has 22 rings (SSSR count). The van der Waals surface area contributed by atoms with E-state index in [-0.39, 0.29) is 89.8 Å². The molecule has 0 spiro atoms. The van der Waals surface area contributed by atoms with Crippen molar-refractivity contribution in [3.05, 3.63) is 385 Å². The highest BCUT2D eigenvalue weighted by Gasteiger charge is 2.28. The van der Waals surface area contributed by atoms with Crippen molar-refractivity contribution in [2.75, 3.05) is 17.6 Å². The Morgan fingerprint density at radius 3 is 1.41 bits per heavy atom. The lowest BCUT2D eigenvalue weighted by atomic mass is 9.99. The third kappa shape index (κ3) is 24.3. The molecule has 20 aromatic rings. The van der Waals surface area contributed by atoms with Gasteiger partial charge >= 0.3 is 0 Å². The number of carbonyl (C=O) groups excluding carboxylic acids is 1. The molecule has 23 nitrogen and oxygen atoms in total. The minimum absolute atomic E-state index is 0. The molecule has 0 saturated carbocycles. The summed E-state index contributed by atoms with van der Waals surface area (Å²) in [6, 6.07) is 102. The van der Waals surface area contributed by atoms with E-state index in [1.165, 1.54) is 59.1 Å². The summed E-state index contributed by atoms with van der Waals surface area (Å²) >= 11 is 18.2. The number of aromatic hydroxyl groups is 4. The molecule has 14 heterocycles. The van der Waals surface area contributed by atoms with Gasteiger partial charge in [-0.3, -0.25) is 9.69 Å². The number of amides is 1. The van der Waals surface area contributed by atoms with Gasteiger partial charge in [-0.1, -0.05) is 108 Å². The van der Waals surface area contributed by atoms with Gasteiger partial charge in [0.15, 0.2) is 31.0 Å². The molecule has 130 heavy (non-hydrogen) atoms. The van der Waals surface area contributed by atoms with Gasteiger partial charge in [-0.05, 0) is 110 Å². The molecule has 1 unspecified atom stereocenters. The number of carbonyl (C=O) groups is 1. The molecule has 1 amide bonds. The number of hydrogen-bond donors (Lipinski definition) is 8. The highest BCUT2D eigenvalue weighted by molar-refractivity contribution is 6.36. The highest BCUT2D eigenvalue weighted by atomic mass is 79.9. The summed E-state index contributed by atoms with van der Waals surface area (Å²) in [5.41, 5.74) is 31.7. The first-order valence-corrected chi connectivity index (χ1v) is 42.3. The third-order valence-corrected chi connectivity index (χ3v) is 21.3. The van der Waals surface area contributed by atoms with Crippen LogP contribution in [0.3, 0.4) is 0 Å². The Bertz CT molecular complexity index is 7500. The van der Waals surface area contributed by atoms with Crippen molar-refractivity contribution >= 4 is 173 Å². The number of anilines is 2. The normalized spacial score (nSPS) is 12.1. The van der Waals surface area contributed by atoms with Gasteiger partial charge in [0.25, 0.3) is 0 Å². The molecule has 33 heteroatoms. The Balaban J connectivity index is 0.000000167. The average molecular weight is 1990 g/mol. The van der Waals surface area contributed by atoms with E-state index in [0.717, 1.165) is 110 Å². The molecule has 0 radical (unpaired) electrons. The zero-order valence-corrected chi connectivity index (χ0v) is 76.7. The van der Waals surface area contributed by atoms with Crippen LogP contribution in [0, 0.1) is 20.5 Å². The molecule has 12 aromatic heterocycles. The van der Waals surface area contributed by atoms with Crippen LogP contribution in [0.2, 0.25) is 15.1 Å². The van der Waals surface area contributed by atoms with Crippen LogP contribution in [0.25, 0.3) is 115 Å². The first-order valence-electron chi connectivity index (χ1n) is 38.7. The Morgan fingerprint density at radius 2 is 0.823 bits per heavy atom. The van der Waals surface area contributed by atoms with Crippen LogP contribution >= 0.6 is 34.8 Å². The average Bonchev–Trinajstić information content (AvgIpc) is 0.749. The first kappa shape index (κ1) is 102. The van der Waals surface area contributed by atoms with Gasteiger partial charge in [0, 0.05) is 151 Å². The van der Waals surface area contributed by atoms with Gasteiger partial charge in [0.05, 0.1) is 85.4 Å². The topological polar surface area (TPSA) is 376 Å². The number of pyridine rings is 12. The van der Waals surface area contributed by atoms with E-state index in [9.17, 15) is 25.2 Å². The fourth-order valence-electron chi connectivity index (χ4n) is 15.2. The molecular formula is C97H78BrCl9N10O13. The van der Waals surface area contributed by atoms with Crippen LogP contribution in [0.5, 0.6) is 23.0 Å². The van der Waals surface area contributed by atoms with Crippen molar-refractivity contribution in [2.24, 2.45) is 5.73 Å². The number of nitrogens with two attached hydrogens (primary N) is 2. The van der Waals surface area contributed by atoms with E-state index < -0.39 is 20.5 Å². The largest absolute Gasteiger partial charge is 1.00 e. The molecule has 0 aliphatic carbocycles. The number of aromatic nitrogens is 6. The van der Waals surface area contributed by atoms with Crippen LogP contribution < -0.4 is 152 Å². The van der Waals surface area contributed by atoms with Gasteiger partial charge in [-0.15, -0.1) is 20.5 Å². The van der Waals surface area contributed by atoms with Crippen molar-refractivity contribution in [1.82, 2.24) is 0 Å². The Morgan fingerprint density at radius 1 is 0.400 bits per heavy atom. The highest BCUT2D eigenvalue weighted by Crippen LogP contribution is 2.33. The number of nitrogen functional groups attached to an aromatic ring is 1. The molecule has 0 saturated heterocycles. The van der Waals surface area contributed by atoms with E-state index in [1.807, 2.05) is 244 Å². The SMILES string of the molecule is CC(=O)Nc1cc2cccc[n+]2c2ccccc12.NC1=CC2=CCCC[NH+]2c2ccccc21.Nc1cc2ccc3ccccc3[n+]2c2ccccc12.Oc1cc2cccc[n+]2c2c(Cl)cccc12.Oc1cc2cccc[n+]2c2cc(Cl)ccc12.Oc1cc2cccc[n+]2c2cccc(Cl)c12.Oc1cc2cccc[n+]2c2ccccc12.[Br-].[Cl-].[Cl-].[Cl-].[Cl-].[O-][Cl+3]([O-])([O-])[O-].[O-][Cl+3]([O-])([O-])[O-]. The van der Waals surface area contributed by atoms with Gasteiger partial charge < -0.3 is 104 Å². The third-order valence-electron chi connectivity index (χ3n) is 20.4. The first-order chi connectivity index (χ1) is 60.1. The zero-order chi connectivity index (χ0) is 88.2. The number of hydrogen-bond acceptors (Lipinski definition) is 15. The summed E-state index contributed by atoms with van der Waals surface area (Å²) in [4.78, 5) is 12.8. The van der Waals surface area contributed by atoms with Crippen LogP contribution in [-0.4, -0.2) is 32.9 Å².